The summed E-state index contributed by atoms with van der Waals surface area (Å²) in [4.78, 5) is 0. The van der Waals surface area contributed by atoms with Crippen LogP contribution < -0.4 is 0 Å². The smallest absolute Gasteiger partial charge is 0.199 e. The van der Waals surface area contributed by atoms with E-state index in [2.05, 4.69) is 34.6 Å². The van der Waals surface area contributed by atoms with Crippen LogP contribution >= 0.6 is 0 Å². The summed E-state index contributed by atoms with van der Waals surface area (Å²) in [5.41, 5.74) is -1.39. The molecule has 3 aliphatic heterocycles. The highest BCUT2D eigenvalue weighted by Gasteiger charge is 2.88. The van der Waals surface area contributed by atoms with Gasteiger partial charge in [-0.25, -0.2) is 0 Å². The molecule has 3 spiro atoms. The molecule has 8 rings (SSSR count). The van der Waals surface area contributed by atoms with E-state index in [1.54, 1.807) is 13.8 Å². The number of ether oxygens (including phenoxy) is 4. The topological polar surface area (TPSA) is 138 Å². The van der Waals surface area contributed by atoms with Crippen LogP contribution in [0.15, 0.2) is 0 Å². The zero-order valence-electron chi connectivity index (χ0n) is 27.7. The third-order valence-corrected chi connectivity index (χ3v) is 15.9. The molecule has 44 heavy (non-hydrogen) atoms. The minimum Gasteiger partial charge on any atom is -0.388 e. The maximum Gasteiger partial charge on any atom is 0.199 e. The molecule has 2 bridgehead atoms. The number of fused-ring (bicyclic) bond motifs is 4. The minimum atomic E-state index is -1.28. The van der Waals surface area contributed by atoms with Gasteiger partial charge in [0, 0.05) is 11.3 Å². The summed E-state index contributed by atoms with van der Waals surface area (Å²) < 4.78 is 25.8. The SMILES string of the molecule is C[C@H]1C[C@H]2O[C@@]3(O[C@H]2C(C)(C)O)[C@H](O)[C@@]2(C)[C@H]4CC[C@@H]5C(C)(C)[C@@H](O[C@H]6OC[C@@H](O)[C@@H](O)[C@H]6O)CC[C@]56C[C@]46CC[C@]2(C)[C@@H]13. The molecule has 5 N–H and O–H groups in total. The first-order valence-electron chi connectivity index (χ1n) is 17.5. The normalized spacial score (nSPS) is 62.2. The average Bonchev–Trinajstić information content (AvgIpc) is 3.45. The van der Waals surface area contributed by atoms with E-state index >= 15 is 0 Å². The summed E-state index contributed by atoms with van der Waals surface area (Å²) in [6.45, 7) is 15.2. The third kappa shape index (κ3) is 3.38. The Hall–Kier alpha value is -0.360. The average molecular weight is 621 g/mol. The van der Waals surface area contributed by atoms with Gasteiger partial charge in [0.2, 0.25) is 0 Å². The molecule has 5 aliphatic carbocycles. The van der Waals surface area contributed by atoms with Crippen molar-refractivity contribution in [2.24, 2.45) is 50.7 Å². The molecule has 0 aromatic heterocycles. The molecule has 0 amide bonds. The Morgan fingerprint density at radius 1 is 0.841 bits per heavy atom. The maximum absolute atomic E-state index is 12.7. The number of hydrogen-bond donors (Lipinski definition) is 5. The van der Waals surface area contributed by atoms with Gasteiger partial charge in [-0.05, 0) is 105 Å². The van der Waals surface area contributed by atoms with Gasteiger partial charge in [0.15, 0.2) is 12.1 Å². The molecular weight excluding hydrogens is 564 g/mol. The van der Waals surface area contributed by atoms with Gasteiger partial charge in [0.25, 0.3) is 0 Å². The van der Waals surface area contributed by atoms with Crippen molar-refractivity contribution in [3.63, 3.8) is 0 Å². The van der Waals surface area contributed by atoms with Gasteiger partial charge in [-0.2, -0.15) is 0 Å². The van der Waals surface area contributed by atoms with Crippen molar-refractivity contribution in [1.82, 2.24) is 0 Å². The lowest BCUT2D eigenvalue weighted by atomic mass is 9.41. The van der Waals surface area contributed by atoms with Crippen molar-refractivity contribution in [2.75, 3.05) is 6.61 Å². The van der Waals surface area contributed by atoms with Crippen LogP contribution in [0.5, 0.6) is 0 Å². The number of aliphatic hydroxyl groups excluding tert-OH is 4. The first-order valence-corrected chi connectivity index (χ1v) is 17.5. The molecule has 9 heteroatoms. The Morgan fingerprint density at radius 2 is 1.52 bits per heavy atom. The van der Waals surface area contributed by atoms with Gasteiger partial charge in [-0.3, -0.25) is 0 Å². The summed E-state index contributed by atoms with van der Waals surface area (Å²) in [5, 5.41) is 54.5. The third-order valence-electron chi connectivity index (χ3n) is 15.9. The summed E-state index contributed by atoms with van der Waals surface area (Å²) in [5.74, 6) is 0.108. The molecular formula is C35H56O9. The number of hydrogen-bond acceptors (Lipinski definition) is 9. The van der Waals surface area contributed by atoms with Crippen LogP contribution in [0.1, 0.15) is 99.8 Å². The zero-order valence-corrected chi connectivity index (χ0v) is 27.7. The van der Waals surface area contributed by atoms with E-state index in [1.165, 1.54) is 6.42 Å². The molecule has 0 aromatic carbocycles. The Bertz CT molecular complexity index is 1200. The zero-order chi connectivity index (χ0) is 31.6. The summed E-state index contributed by atoms with van der Waals surface area (Å²) in [6, 6.07) is 0. The van der Waals surface area contributed by atoms with Crippen LogP contribution in [0.3, 0.4) is 0 Å². The van der Waals surface area contributed by atoms with Gasteiger partial charge in [0.1, 0.15) is 30.5 Å². The van der Waals surface area contributed by atoms with Crippen LogP contribution in [0.25, 0.3) is 0 Å². The van der Waals surface area contributed by atoms with Crippen molar-refractivity contribution in [1.29, 1.82) is 0 Å². The van der Waals surface area contributed by atoms with Crippen molar-refractivity contribution >= 4 is 0 Å². The lowest BCUT2D eigenvalue weighted by Gasteiger charge is -2.63. The molecule has 8 aliphatic rings. The standard InChI is InChI=1S/C35H56O9/c1-17-14-19-26(30(4,5)40)44-35(43-19)25(17)31(6)12-13-34-16-33(34)11-10-22(42-27-24(38)23(37)18(36)15-41-27)29(2,3)20(33)8-9-21(34)32(31,7)28(35)39/h17-28,36-40H,8-16H2,1-7H3/t17-,18+,19+,20+,21+,22-,23+,24+,25+,26+,27+,28+,31+,32+,33-,34+,35-/m0/s1. The van der Waals surface area contributed by atoms with Gasteiger partial charge in [0.05, 0.1) is 24.4 Å². The van der Waals surface area contributed by atoms with E-state index in [0.29, 0.717) is 17.8 Å². The predicted molar refractivity (Wildman–Crippen MR) is 159 cm³/mol. The highest BCUT2D eigenvalue weighted by atomic mass is 16.8. The van der Waals surface area contributed by atoms with Crippen LogP contribution in [0.2, 0.25) is 0 Å². The van der Waals surface area contributed by atoms with E-state index in [-0.39, 0.29) is 51.8 Å². The van der Waals surface area contributed by atoms with Crippen molar-refractivity contribution in [3.8, 4) is 0 Å². The van der Waals surface area contributed by atoms with Crippen LogP contribution in [-0.2, 0) is 18.9 Å². The largest absolute Gasteiger partial charge is 0.388 e. The van der Waals surface area contributed by atoms with Crippen LogP contribution in [0, 0.1) is 50.7 Å². The minimum absolute atomic E-state index is 0.0559. The van der Waals surface area contributed by atoms with Crippen molar-refractivity contribution in [3.05, 3.63) is 0 Å². The fraction of sp³-hybridized carbons (Fsp3) is 1.00. The molecule has 0 aromatic rings. The van der Waals surface area contributed by atoms with Gasteiger partial charge in [-0.15, -0.1) is 0 Å². The first kappa shape index (κ1) is 30.9. The first-order chi connectivity index (χ1) is 20.4. The van der Waals surface area contributed by atoms with E-state index in [1.807, 2.05) is 0 Å². The van der Waals surface area contributed by atoms with Crippen LogP contribution in [-0.4, -0.2) is 92.5 Å². The predicted octanol–water partition coefficient (Wildman–Crippen LogP) is 3.12. The van der Waals surface area contributed by atoms with E-state index in [0.717, 1.165) is 44.9 Å². The molecule has 3 saturated heterocycles. The summed E-state index contributed by atoms with van der Waals surface area (Å²) in [6.07, 6.45) is 2.00. The Kier molecular flexibility index (Phi) is 6.33. The summed E-state index contributed by atoms with van der Waals surface area (Å²) >= 11 is 0. The molecule has 5 saturated carbocycles. The molecule has 17 atom stereocenters. The lowest BCUT2D eigenvalue weighted by Crippen LogP contribution is -2.61. The van der Waals surface area contributed by atoms with Gasteiger partial charge >= 0.3 is 0 Å². The molecule has 0 radical (unpaired) electrons. The van der Waals surface area contributed by atoms with Crippen LogP contribution in [0.4, 0.5) is 0 Å². The molecule has 250 valence electrons. The van der Waals surface area contributed by atoms with Gasteiger partial charge in [-0.1, -0.05) is 34.6 Å². The van der Waals surface area contributed by atoms with E-state index in [4.69, 9.17) is 18.9 Å². The molecule has 9 nitrogen and oxygen atoms in total. The number of rotatable bonds is 3. The fourth-order valence-electron chi connectivity index (χ4n) is 14.0. The fourth-order valence-corrected chi connectivity index (χ4v) is 14.0. The monoisotopic (exact) mass is 620 g/mol. The highest BCUT2D eigenvalue weighted by molar-refractivity contribution is 5.34. The van der Waals surface area contributed by atoms with Gasteiger partial charge < -0.3 is 44.5 Å². The summed E-state index contributed by atoms with van der Waals surface area (Å²) in [7, 11) is 0. The Labute approximate surface area is 262 Å². The molecule has 0 unspecified atom stereocenters. The Balaban J connectivity index is 1.10. The van der Waals surface area contributed by atoms with Crippen molar-refractivity contribution in [2.45, 2.75) is 160 Å². The Morgan fingerprint density at radius 3 is 2.23 bits per heavy atom. The highest BCUT2D eigenvalue weighted by Crippen LogP contribution is 2.90. The second-order valence-corrected chi connectivity index (χ2v) is 18.3. The number of aliphatic hydroxyl groups is 5. The quantitative estimate of drug-likeness (QED) is 0.301. The van der Waals surface area contributed by atoms with Crippen molar-refractivity contribution < 1.29 is 44.5 Å². The lowest BCUT2D eigenvalue weighted by molar-refractivity contribution is -0.303. The molecule has 8 fully saturated rings. The molecule has 3 heterocycles. The second kappa shape index (κ2) is 9.00. The van der Waals surface area contributed by atoms with E-state index < -0.39 is 48.2 Å². The second-order valence-electron chi connectivity index (χ2n) is 18.3. The van der Waals surface area contributed by atoms with E-state index in [9.17, 15) is 25.5 Å². The maximum atomic E-state index is 12.7.